The number of anilines is 3. The summed E-state index contributed by atoms with van der Waals surface area (Å²) >= 11 is 0. The van der Waals surface area contributed by atoms with Gasteiger partial charge in [-0.3, -0.25) is 0 Å². The average Bonchev–Trinajstić information content (AvgIpc) is 4.00. The zero-order chi connectivity index (χ0) is 37.8. The highest BCUT2D eigenvalue weighted by Crippen LogP contribution is 2.51. The van der Waals surface area contributed by atoms with Crippen LogP contribution in [-0.4, -0.2) is 4.98 Å². The lowest BCUT2D eigenvalue weighted by molar-refractivity contribution is 0.620. The van der Waals surface area contributed by atoms with Gasteiger partial charge in [0.15, 0.2) is 5.58 Å². The molecule has 1 aliphatic carbocycles. The minimum absolute atomic E-state index is 0.131. The van der Waals surface area contributed by atoms with E-state index in [-0.39, 0.29) is 5.41 Å². The largest absolute Gasteiger partial charge is 0.456 e. The maximum Gasteiger partial charge on any atom is 0.227 e. The van der Waals surface area contributed by atoms with Crippen LogP contribution in [-0.2, 0) is 5.41 Å². The van der Waals surface area contributed by atoms with E-state index in [2.05, 4.69) is 140 Å². The molecule has 0 amide bonds. The standard InChI is InChI=1S/C52H34N2O3/c1-52(2)43-17-8-6-13-37(43)38-25-23-34(27-44(38)52)54(35-24-26-40-39-14-7-9-18-46(39)55-47(40)28-35)33-21-19-31(20-22-33)36-15-10-16-41-42-29-49-45(30-48(42)56-50(36)41)53-51(57-49)32-11-4-3-5-12-32/h3-30H,1-2H3. The van der Waals surface area contributed by atoms with Crippen LogP contribution in [0.4, 0.5) is 17.1 Å². The maximum atomic E-state index is 6.63. The normalized spacial score (nSPS) is 13.2. The topological polar surface area (TPSA) is 55.6 Å². The molecule has 11 aromatic rings. The number of hydrogen-bond donors (Lipinski definition) is 0. The first-order valence-corrected chi connectivity index (χ1v) is 19.4. The Morgan fingerprint density at radius 1 is 0.421 bits per heavy atom. The molecule has 0 spiro atoms. The average molecular weight is 735 g/mol. The van der Waals surface area contributed by atoms with Gasteiger partial charge in [0, 0.05) is 67.3 Å². The Morgan fingerprint density at radius 3 is 2.00 bits per heavy atom. The summed E-state index contributed by atoms with van der Waals surface area (Å²) < 4.78 is 19.3. The van der Waals surface area contributed by atoms with Crippen LogP contribution in [0.15, 0.2) is 183 Å². The summed E-state index contributed by atoms with van der Waals surface area (Å²) in [6, 6.07) is 59.6. The number of rotatable bonds is 5. The van der Waals surface area contributed by atoms with Crippen LogP contribution >= 0.6 is 0 Å². The van der Waals surface area contributed by atoms with Crippen molar-refractivity contribution in [3.05, 3.63) is 181 Å². The van der Waals surface area contributed by atoms with Crippen LogP contribution in [0.3, 0.4) is 0 Å². The minimum Gasteiger partial charge on any atom is -0.456 e. The van der Waals surface area contributed by atoms with Crippen molar-refractivity contribution in [1.82, 2.24) is 4.98 Å². The van der Waals surface area contributed by atoms with Crippen LogP contribution in [0.25, 0.3) is 88.7 Å². The van der Waals surface area contributed by atoms with Crippen molar-refractivity contribution in [2.45, 2.75) is 19.3 Å². The van der Waals surface area contributed by atoms with E-state index in [9.17, 15) is 0 Å². The highest BCUT2D eigenvalue weighted by molar-refractivity contribution is 6.12. The second kappa shape index (κ2) is 11.8. The molecule has 5 nitrogen and oxygen atoms in total. The minimum atomic E-state index is -0.131. The summed E-state index contributed by atoms with van der Waals surface area (Å²) in [5, 5.41) is 4.26. The quantitative estimate of drug-likeness (QED) is 0.176. The molecule has 8 aromatic carbocycles. The van der Waals surface area contributed by atoms with Gasteiger partial charge in [-0.25, -0.2) is 4.98 Å². The SMILES string of the molecule is CC1(C)c2ccccc2-c2ccc(N(c3ccc(-c4cccc5c4oc4cc6nc(-c7ccccc7)oc6cc45)cc3)c3ccc4c(c3)oc3ccccc34)cc21. The molecule has 0 bridgehead atoms. The maximum absolute atomic E-state index is 6.63. The van der Waals surface area contributed by atoms with Gasteiger partial charge < -0.3 is 18.2 Å². The van der Waals surface area contributed by atoms with Crippen molar-refractivity contribution in [2.24, 2.45) is 0 Å². The van der Waals surface area contributed by atoms with E-state index in [1.54, 1.807) is 0 Å². The molecule has 57 heavy (non-hydrogen) atoms. The lowest BCUT2D eigenvalue weighted by Crippen LogP contribution is -2.16. The summed E-state index contributed by atoms with van der Waals surface area (Å²) in [7, 11) is 0. The molecule has 3 heterocycles. The number of furan rings is 2. The molecule has 0 fully saturated rings. The van der Waals surface area contributed by atoms with Gasteiger partial charge in [0.1, 0.15) is 27.8 Å². The van der Waals surface area contributed by atoms with Crippen molar-refractivity contribution in [1.29, 1.82) is 0 Å². The lowest BCUT2D eigenvalue weighted by atomic mass is 9.82. The smallest absolute Gasteiger partial charge is 0.227 e. The number of fused-ring (bicyclic) bond motifs is 10. The first-order chi connectivity index (χ1) is 28.0. The lowest BCUT2D eigenvalue weighted by Gasteiger charge is -2.28. The van der Waals surface area contributed by atoms with E-state index in [1.165, 1.54) is 22.3 Å². The number of hydrogen-bond acceptors (Lipinski definition) is 5. The van der Waals surface area contributed by atoms with Crippen molar-refractivity contribution in [2.75, 3.05) is 4.90 Å². The molecule has 12 rings (SSSR count). The number of aromatic nitrogens is 1. The summed E-state index contributed by atoms with van der Waals surface area (Å²) in [6.45, 7) is 4.66. The zero-order valence-corrected chi connectivity index (χ0v) is 31.3. The van der Waals surface area contributed by atoms with Gasteiger partial charge in [-0.1, -0.05) is 111 Å². The van der Waals surface area contributed by atoms with Crippen LogP contribution in [0, 0.1) is 0 Å². The van der Waals surface area contributed by atoms with Gasteiger partial charge >= 0.3 is 0 Å². The molecule has 5 heteroatoms. The van der Waals surface area contributed by atoms with Gasteiger partial charge in [0.05, 0.1) is 0 Å². The third-order valence-corrected chi connectivity index (χ3v) is 11.9. The Bertz CT molecular complexity index is 3380. The number of para-hydroxylation sites is 2. The Balaban J connectivity index is 0.972. The summed E-state index contributed by atoms with van der Waals surface area (Å²) in [5.74, 6) is 0.601. The van der Waals surface area contributed by atoms with Gasteiger partial charge in [-0.15, -0.1) is 0 Å². The molecule has 0 unspecified atom stereocenters. The summed E-state index contributed by atoms with van der Waals surface area (Å²) in [6.07, 6.45) is 0. The van der Waals surface area contributed by atoms with Gasteiger partial charge in [0.2, 0.25) is 5.89 Å². The number of benzene rings is 8. The first kappa shape index (κ1) is 31.9. The molecule has 0 radical (unpaired) electrons. The molecule has 0 aliphatic heterocycles. The Kier molecular flexibility index (Phi) is 6.62. The fourth-order valence-electron chi connectivity index (χ4n) is 9.07. The van der Waals surface area contributed by atoms with Crippen LogP contribution in [0.2, 0.25) is 0 Å². The predicted octanol–water partition coefficient (Wildman–Crippen LogP) is 14.7. The summed E-state index contributed by atoms with van der Waals surface area (Å²) in [5.41, 5.74) is 16.2. The second-order valence-electron chi connectivity index (χ2n) is 15.5. The predicted molar refractivity (Wildman–Crippen MR) is 232 cm³/mol. The van der Waals surface area contributed by atoms with E-state index in [0.717, 1.165) is 88.7 Å². The van der Waals surface area contributed by atoms with Gasteiger partial charge in [-0.2, -0.15) is 0 Å². The second-order valence-corrected chi connectivity index (χ2v) is 15.5. The molecule has 270 valence electrons. The van der Waals surface area contributed by atoms with Crippen molar-refractivity contribution >= 4 is 72.0 Å². The molecule has 0 saturated carbocycles. The van der Waals surface area contributed by atoms with E-state index in [0.29, 0.717) is 5.89 Å². The van der Waals surface area contributed by atoms with Crippen molar-refractivity contribution in [3.8, 4) is 33.7 Å². The van der Waals surface area contributed by atoms with Gasteiger partial charge in [-0.05, 0) is 88.5 Å². The van der Waals surface area contributed by atoms with Crippen molar-refractivity contribution < 1.29 is 13.3 Å². The van der Waals surface area contributed by atoms with E-state index in [1.807, 2.05) is 48.5 Å². The molecule has 0 atom stereocenters. The fourth-order valence-corrected chi connectivity index (χ4v) is 9.07. The molecule has 1 aliphatic rings. The van der Waals surface area contributed by atoms with Crippen LogP contribution in [0.5, 0.6) is 0 Å². The van der Waals surface area contributed by atoms with Crippen LogP contribution < -0.4 is 4.90 Å². The Labute approximate surface area is 328 Å². The zero-order valence-electron chi connectivity index (χ0n) is 31.3. The molecular formula is C52H34N2O3. The fraction of sp³-hybridized carbons (Fsp3) is 0.0577. The highest BCUT2D eigenvalue weighted by atomic mass is 16.4. The third-order valence-electron chi connectivity index (χ3n) is 11.9. The number of nitrogens with zero attached hydrogens (tertiary/aromatic N) is 2. The Hall–Kier alpha value is -7.37. The third kappa shape index (κ3) is 4.79. The van der Waals surface area contributed by atoms with Crippen LogP contribution in [0.1, 0.15) is 25.0 Å². The molecule has 0 saturated heterocycles. The highest BCUT2D eigenvalue weighted by Gasteiger charge is 2.35. The monoisotopic (exact) mass is 734 g/mol. The molecule has 0 N–H and O–H groups in total. The molecule has 3 aromatic heterocycles. The Morgan fingerprint density at radius 2 is 1.11 bits per heavy atom. The van der Waals surface area contributed by atoms with Crippen molar-refractivity contribution in [3.63, 3.8) is 0 Å². The number of oxazole rings is 1. The van der Waals surface area contributed by atoms with Gasteiger partial charge in [0.25, 0.3) is 0 Å². The molecular weight excluding hydrogens is 701 g/mol. The van der Waals surface area contributed by atoms with E-state index >= 15 is 0 Å². The summed E-state index contributed by atoms with van der Waals surface area (Å²) in [4.78, 5) is 7.12. The first-order valence-electron chi connectivity index (χ1n) is 19.4. The van der Waals surface area contributed by atoms with E-state index < -0.39 is 0 Å². The van der Waals surface area contributed by atoms with E-state index in [4.69, 9.17) is 18.2 Å².